The summed E-state index contributed by atoms with van der Waals surface area (Å²) in [7, 11) is 1.55. The van der Waals surface area contributed by atoms with Crippen molar-refractivity contribution >= 4 is 40.7 Å². The zero-order chi connectivity index (χ0) is 29.8. The van der Waals surface area contributed by atoms with Crippen LogP contribution in [0.1, 0.15) is 31.4 Å². The van der Waals surface area contributed by atoms with Gasteiger partial charge in [-0.3, -0.25) is 24.5 Å². The van der Waals surface area contributed by atoms with Crippen LogP contribution >= 0.6 is 0 Å². The molecular formula is C33H34N4O5. The summed E-state index contributed by atoms with van der Waals surface area (Å²) in [5.41, 5.74) is 1.82. The highest BCUT2D eigenvalue weighted by atomic mass is 16.5. The van der Waals surface area contributed by atoms with Gasteiger partial charge in [0.05, 0.1) is 24.6 Å². The van der Waals surface area contributed by atoms with Gasteiger partial charge < -0.3 is 15.0 Å². The van der Waals surface area contributed by atoms with Crippen LogP contribution in [0.2, 0.25) is 0 Å². The molecule has 9 heteroatoms. The van der Waals surface area contributed by atoms with Crippen LogP contribution in [0.15, 0.2) is 72.8 Å². The third-order valence-electron chi connectivity index (χ3n) is 8.56. The predicted molar refractivity (Wildman–Crippen MR) is 159 cm³/mol. The Kier molecular flexibility index (Phi) is 6.85. The number of carbonyl (C=O) groups excluding carboxylic acids is 4. The van der Waals surface area contributed by atoms with Crippen LogP contribution < -0.4 is 25.2 Å². The van der Waals surface area contributed by atoms with Gasteiger partial charge in [0, 0.05) is 23.0 Å². The fourth-order valence-corrected chi connectivity index (χ4v) is 6.78. The van der Waals surface area contributed by atoms with Gasteiger partial charge in [-0.1, -0.05) is 49.7 Å². The molecule has 0 saturated carbocycles. The maximum Gasteiger partial charge on any atom is 0.253 e. The van der Waals surface area contributed by atoms with E-state index >= 15 is 0 Å². The second kappa shape index (κ2) is 10.4. The number of nitrogens with one attached hydrogen (secondary N) is 2. The van der Waals surface area contributed by atoms with Crippen molar-refractivity contribution in [1.29, 1.82) is 0 Å². The number of nitrogens with zero attached hydrogens (tertiary/aromatic N) is 2. The topological polar surface area (TPSA) is 108 Å². The zero-order valence-corrected chi connectivity index (χ0v) is 24.1. The number of aryl methyl sites for hydroxylation is 1. The first kappa shape index (κ1) is 27.7. The Morgan fingerprint density at radius 2 is 1.67 bits per heavy atom. The molecule has 6 rings (SSSR count). The van der Waals surface area contributed by atoms with Crippen LogP contribution in [-0.4, -0.2) is 43.3 Å². The molecule has 216 valence electrons. The van der Waals surface area contributed by atoms with Crippen LogP contribution in [0, 0.1) is 24.7 Å². The molecule has 42 heavy (non-hydrogen) atoms. The molecule has 0 unspecified atom stereocenters. The fourth-order valence-electron chi connectivity index (χ4n) is 6.78. The predicted octanol–water partition coefficient (Wildman–Crippen LogP) is 4.01. The molecule has 3 aliphatic heterocycles. The lowest BCUT2D eigenvalue weighted by atomic mass is 9.76. The monoisotopic (exact) mass is 566 g/mol. The van der Waals surface area contributed by atoms with Crippen LogP contribution in [-0.2, 0) is 24.7 Å². The summed E-state index contributed by atoms with van der Waals surface area (Å²) in [6, 6.07) is 21.0. The van der Waals surface area contributed by atoms with Crippen molar-refractivity contribution in [2.45, 2.75) is 38.8 Å². The molecule has 2 fully saturated rings. The number of benzene rings is 3. The Balaban J connectivity index is 1.39. The standard InChI is InChI=1S/C33H34N4O5/c1-19(2)17-25-28-29(31(40)37(30(28)39)22-13-15-23(42-4)16-14-22)33(35-25)24-7-5-6-8-26(24)36(32(33)41)18-27(38)34-21-11-9-20(3)10-12-21/h5-16,19,25,28-29,35H,17-18H2,1-4H3,(H,34,38)/t25-,28+,29-,33-/m0/s1. The maximum absolute atomic E-state index is 14.6. The van der Waals surface area contributed by atoms with E-state index in [0.717, 1.165) is 5.56 Å². The Morgan fingerprint density at radius 3 is 2.33 bits per heavy atom. The third-order valence-corrected chi connectivity index (χ3v) is 8.56. The van der Waals surface area contributed by atoms with Gasteiger partial charge in [0.2, 0.25) is 17.7 Å². The van der Waals surface area contributed by atoms with Crippen molar-refractivity contribution in [3.63, 3.8) is 0 Å². The molecule has 3 heterocycles. The quantitative estimate of drug-likeness (QED) is 0.419. The summed E-state index contributed by atoms with van der Waals surface area (Å²) in [6.45, 7) is 5.83. The maximum atomic E-state index is 14.6. The Hall–Kier alpha value is -4.50. The Bertz CT molecular complexity index is 1570. The molecule has 0 bridgehead atoms. The molecule has 4 amide bonds. The Labute approximate surface area is 244 Å². The highest BCUT2D eigenvalue weighted by molar-refractivity contribution is 6.26. The van der Waals surface area contributed by atoms with Crippen LogP contribution in [0.5, 0.6) is 5.75 Å². The molecule has 0 aromatic heterocycles. The van der Waals surface area contributed by atoms with Gasteiger partial charge in [-0.2, -0.15) is 0 Å². The lowest BCUT2D eigenvalue weighted by molar-refractivity contribution is -0.132. The number of para-hydroxylation sites is 1. The molecular weight excluding hydrogens is 532 g/mol. The smallest absolute Gasteiger partial charge is 0.253 e. The first-order valence-corrected chi connectivity index (χ1v) is 14.2. The van der Waals surface area contributed by atoms with Crippen molar-refractivity contribution in [3.05, 3.63) is 83.9 Å². The summed E-state index contributed by atoms with van der Waals surface area (Å²) < 4.78 is 5.26. The highest BCUT2D eigenvalue weighted by Crippen LogP contribution is 2.55. The normalized spacial score (nSPS) is 24.5. The number of rotatable bonds is 7. The second-order valence-corrected chi connectivity index (χ2v) is 11.7. The van der Waals surface area contributed by atoms with Crippen molar-refractivity contribution < 1.29 is 23.9 Å². The van der Waals surface area contributed by atoms with Gasteiger partial charge >= 0.3 is 0 Å². The molecule has 0 radical (unpaired) electrons. The molecule has 0 aliphatic carbocycles. The van der Waals surface area contributed by atoms with E-state index in [-0.39, 0.29) is 24.3 Å². The highest BCUT2D eigenvalue weighted by Gasteiger charge is 2.71. The number of amides is 4. The Morgan fingerprint density at radius 1 is 0.976 bits per heavy atom. The number of carbonyl (C=O) groups is 4. The average Bonchev–Trinajstić information content (AvgIpc) is 3.53. The molecule has 2 N–H and O–H groups in total. The molecule has 3 aromatic rings. The summed E-state index contributed by atoms with van der Waals surface area (Å²) in [6.07, 6.45) is 0.599. The number of methoxy groups -OCH3 is 1. The zero-order valence-electron chi connectivity index (χ0n) is 24.1. The van der Waals surface area contributed by atoms with E-state index in [4.69, 9.17) is 4.74 Å². The number of imide groups is 1. The van der Waals surface area contributed by atoms with E-state index < -0.39 is 35.2 Å². The largest absolute Gasteiger partial charge is 0.497 e. The molecule has 3 aliphatic rings. The van der Waals surface area contributed by atoms with Crippen molar-refractivity contribution in [3.8, 4) is 5.75 Å². The molecule has 2 saturated heterocycles. The van der Waals surface area contributed by atoms with Crippen LogP contribution in [0.4, 0.5) is 17.1 Å². The molecule has 9 nitrogen and oxygen atoms in total. The summed E-state index contributed by atoms with van der Waals surface area (Å²) in [5.74, 6) is -2.40. The van der Waals surface area contributed by atoms with E-state index in [0.29, 0.717) is 34.8 Å². The van der Waals surface area contributed by atoms with Gasteiger partial charge in [0.1, 0.15) is 17.8 Å². The minimum Gasteiger partial charge on any atom is -0.497 e. The van der Waals surface area contributed by atoms with E-state index in [1.54, 1.807) is 43.5 Å². The van der Waals surface area contributed by atoms with E-state index in [2.05, 4.69) is 24.5 Å². The summed E-state index contributed by atoms with van der Waals surface area (Å²) in [4.78, 5) is 58.7. The van der Waals surface area contributed by atoms with Gasteiger partial charge in [-0.15, -0.1) is 0 Å². The van der Waals surface area contributed by atoms with E-state index in [1.807, 2.05) is 43.3 Å². The molecule has 1 spiro atoms. The first-order chi connectivity index (χ1) is 20.1. The van der Waals surface area contributed by atoms with Gasteiger partial charge in [-0.05, 0) is 61.7 Å². The van der Waals surface area contributed by atoms with Crippen LogP contribution in [0.3, 0.4) is 0 Å². The molecule has 4 atom stereocenters. The van der Waals surface area contributed by atoms with E-state index in [9.17, 15) is 19.2 Å². The number of hydrogen-bond acceptors (Lipinski definition) is 6. The average molecular weight is 567 g/mol. The van der Waals surface area contributed by atoms with Gasteiger partial charge in [0.15, 0.2) is 0 Å². The van der Waals surface area contributed by atoms with Crippen LogP contribution in [0.25, 0.3) is 0 Å². The van der Waals surface area contributed by atoms with E-state index in [1.165, 1.54) is 9.80 Å². The lowest BCUT2D eigenvalue weighted by Crippen LogP contribution is -2.56. The number of anilines is 3. The first-order valence-electron chi connectivity index (χ1n) is 14.2. The number of fused-ring (bicyclic) bond motifs is 4. The van der Waals surface area contributed by atoms with Crippen molar-refractivity contribution in [2.75, 3.05) is 28.8 Å². The summed E-state index contributed by atoms with van der Waals surface area (Å²) >= 11 is 0. The SMILES string of the molecule is COc1ccc(N2C(=O)[C@@H]3[C@H](CC(C)C)N[C@]4(C(=O)N(CC(=O)Nc5ccc(C)cc5)c5ccccc54)[C@@H]3C2=O)cc1. The number of ether oxygens (including phenoxy) is 1. The minimum atomic E-state index is -1.47. The summed E-state index contributed by atoms with van der Waals surface area (Å²) in [5, 5.41) is 6.37. The number of hydrogen-bond donors (Lipinski definition) is 2. The second-order valence-electron chi connectivity index (χ2n) is 11.7. The third kappa shape index (κ3) is 4.27. The van der Waals surface area contributed by atoms with Gasteiger partial charge in [-0.25, -0.2) is 4.90 Å². The van der Waals surface area contributed by atoms with Crippen molar-refractivity contribution in [1.82, 2.24) is 5.32 Å². The lowest BCUT2D eigenvalue weighted by Gasteiger charge is -2.31. The minimum absolute atomic E-state index is 0.208. The molecule has 3 aromatic carbocycles. The van der Waals surface area contributed by atoms with Gasteiger partial charge in [0.25, 0.3) is 5.91 Å². The van der Waals surface area contributed by atoms with Crippen molar-refractivity contribution in [2.24, 2.45) is 17.8 Å². The fraction of sp³-hybridized carbons (Fsp3) is 0.333.